The molecule has 1 aliphatic heterocycles. The summed E-state index contributed by atoms with van der Waals surface area (Å²) in [7, 11) is 1.60. The van der Waals surface area contributed by atoms with Crippen molar-refractivity contribution < 1.29 is 14.3 Å². The Labute approximate surface area is 126 Å². The van der Waals surface area contributed by atoms with Gasteiger partial charge in [0.2, 0.25) is 5.88 Å². The third kappa shape index (κ3) is 3.31. The van der Waals surface area contributed by atoms with E-state index < -0.39 is 5.60 Å². The Kier molecular flexibility index (Phi) is 3.93. The van der Waals surface area contributed by atoms with Gasteiger partial charge in [-0.3, -0.25) is 4.68 Å². The molecule has 2 rings (SSSR count). The average Bonchev–Trinajstić information content (AvgIpc) is 2.54. The number of methoxy groups -OCH3 is 1. The zero-order chi connectivity index (χ0) is 14.2. The first-order valence-corrected chi connectivity index (χ1v) is 7.14. The van der Waals surface area contributed by atoms with Gasteiger partial charge in [0.1, 0.15) is 5.60 Å². The highest BCUT2D eigenvalue weighted by Crippen LogP contribution is 2.26. The van der Waals surface area contributed by atoms with Crippen LogP contribution in [0.2, 0.25) is 0 Å². The van der Waals surface area contributed by atoms with Crippen LogP contribution in [0.3, 0.4) is 0 Å². The van der Waals surface area contributed by atoms with Gasteiger partial charge in [0, 0.05) is 19.3 Å². The molecule has 0 aromatic carbocycles. The lowest BCUT2D eigenvalue weighted by Crippen LogP contribution is -2.52. The van der Waals surface area contributed by atoms with Crippen molar-refractivity contribution >= 4 is 28.7 Å². The van der Waals surface area contributed by atoms with Crippen LogP contribution in [0.25, 0.3) is 0 Å². The molecule has 0 atom stereocenters. The van der Waals surface area contributed by atoms with Crippen molar-refractivity contribution in [3.05, 3.63) is 9.77 Å². The molecule has 1 aromatic rings. The zero-order valence-electron chi connectivity index (χ0n) is 11.5. The molecule has 0 bridgehead atoms. The Bertz CT molecular complexity index is 475. The number of halogens is 1. The van der Waals surface area contributed by atoms with Gasteiger partial charge in [-0.2, -0.15) is 0 Å². The second kappa shape index (κ2) is 5.18. The SMILES string of the molecule is COc1nn(C2CN(C(=O)OC(C)(C)C)C2)cc1I. The Balaban J connectivity index is 1.90. The van der Waals surface area contributed by atoms with E-state index in [2.05, 4.69) is 27.7 Å². The highest BCUT2D eigenvalue weighted by molar-refractivity contribution is 14.1. The van der Waals surface area contributed by atoms with Crippen molar-refractivity contribution in [1.82, 2.24) is 14.7 Å². The smallest absolute Gasteiger partial charge is 0.410 e. The van der Waals surface area contributed by atoms with Crippen molar-refractivity contribution in [3.63, 3.8) is 0 Å². The van der Waals surface area contributed by atoms with Crippen LogP contribution < -0.4 is 4.74 Å². The van der Waals surface area contributed by atoms with Gasteiger partial charge < -0.3 is 14.4 Å². The number of hydrogen-bond acceptors (Lipinski definition) is 4. The van der Waals surface area contributed by atoms with Crippen LogP contribution in [0, 0.1) is 3.57 Å². The highest BCUT2D eigenvalue weighted by atomic mass is 127. The number of aromatic nitrogens is 2. The second-order valence-electron chi connectivity index (χ2n) is 5.51. The van der Waals surface area contributed by atoms with E-state index in [-0.39, 0.29) is 12.1 Å². The Morgan fingerprint density at radius 2 is 2.11 bits per heavy atom. The first-order chi connectivity index (χ1) is 8.80. The average molecular weight is 379 g/mol. The lowest BCUT2D eigenvalue weighted by molar-refractivity contribution is -0.000484. The maximum atomic E-state index is 11.8. The Morgan fingerprint density at radius 1 is 1.47 bits per heavy atom. The predicted molar refractivity (Wildman–Crippen MR) is 78.3 cm³/mol. The van der Waals surface area contributed by atoms with Crippen LogP contribution in [0.5, 0.6) is 5.88 Å². The maximum absolute atomic E-state index is 11.8. The highest BCUT2D eigenvalue weighted by Gasteiger charge is 2.35. The van der Waals surface area contributed by atoms with Crippen molar-refractivity contribution in [2.75, 3.05) is 20.2 Å². The Hall–Kier alpha value is -0.990. The van der Waals surface area contributed by atoms with Gasteiger partial charge in [-0.15, -0.1) is 5.10 Å². The molecule has 0 spiro atoms. The molecule has 0 aliphatic carbocycles. The minimum Gasteiger partial charge on any atom is -0.479 e. The zero-order valence-corrected chi connectivity index (χ0v) is 13.7. The summed E-state index contributed by atoms with van der Waals surface area (Å²) in [5.41, 5.74) is -0.452. The monoisotopic (exact) mass is 379 g/mol. The predicted octanol–water partition coefficient (Wildman–Crippen LogP) is 2.29. The molecule has 0 unspecified atom stereocenters. The molecule has 0 saturated carbocycles. The fraction of sp³-hybridized carbons (Fsp3) is 0.667. The van der Waals surface area contributed by atoms with Crippen LogP contribution in [-0.2, 0) is 4.74 Å². The first-order valence-electron chi connectivity index (χ1n) is 6.06. The molecule has 6 nitrogen and oxygen atoms in total. The second-order valence-corrected chi connectivity index (χ2v) is 6.67. The lowest BCUT2D eigenvalue weighted by Gasteiger charge is -2.39. The quantitative estimate of drug-likeness (QED) is 0.740. The standard InChI is InChI=1S/C12H18IN3O3/c1-12(2,3)19-11(17)15-5-8(6-15)16-7-9(13)10(14-16)18-4/h7-8H,5-6H2,1-4H3. The minimum atomic E-state index is -0.452. The molecule has 106 valence electrons. The van der Waals surface area contributed by atoms with E-state index in [4.69, 9.17) is 9.47 Å². The third-order valence-corrected chi connectivity index (χ3v) is 3.48. The van der Waals surface area contributed by atoms with E-state index in [1.807, 2.05) is 31.6 Å². The third-order valence-electron chi connectivity index (χ3n) is 2.74. The van der Waals surface area contributed by atoms with Crippen LogP contribution >= 0.6 is 22.6 Å². The number of likely N-dealkylation sites (tertiary alicyclic amines) is 1. The van der Waals surface area contributed by atoms with Gasteiger partial charge in [-0.05, 0) is 43.4 Å². The summed E-state index contributed by atoms with van der Waals surface area (Å²) < 4.78 is 13.3. The van der Waals surface area contributed by atoms with Gasteiger partial charge in [-0.25, -0.2) is 4.79 Å². The summed E-state index contributed by atoms with van der Waals surface area (Å²) in [6, 6.07) is 0.199. The largest absolute Gasteiger partial charge is 0.479 e. The van der Waals surface area contributed by atoms with Crippen molar-refractivity contribution in [2.45, 2.75) is 32.4 Å². The molecule has 1 saturated heterocycles. The molecular weight excluding hydrogens is 361 g/mol. The first kappa shape index (κ1) is 14.4. The number of amides is 1. The molecule has 0 N–H and O–H groups in total. The summed E-state index contributed by atoms with van der Waals surface area (Å²) in [4.78, 5) is 13.5. The van der Waals surface area contributed by atoms with E-state index in [0.29, 0.717) is 19.0 Å². The Morgan fingerprint density at radius 3 is 2.58 bits per heavy atom. The number of rotatable bonds is 2. The van der Waals surface area contributed by atoms with Crippen LogP contribution in [-0.4, -0.2) is 46.6 Å². The van der Waals surface area contributed by atoms with Gasteiger partial charge in [0.25, 0.3) is 0 Å². The van der Waals surface area contributed by atoms with Gasteiger partial charge in [0.15, 0.2) is 0 Å². The summed E-state index contributed by atoms with van der Waals surface area (Å²) in [5, 5.41) is 4.33. The maximum Gasteiger partial charge on any atom is 0.410 e. The fourth-order valence-electron chi connectivity index (χ4n) is 1.78. The van der Waals surface area contributed by atoms with Gasteiger partial charge in [0.05, 0.1) is 16.7 Å². The molecule has 1 fully saturated rings. The molecule has 0 radical (unpaired) electrons. The summed E-state index contributed by atoms with van der Waals surface area (Å²) in [6.07, 6.45) is 1.66. The van der Waals surface area contributed by atoms with Crippen LogP contribution in [0.15, 0.2) is 6.20 Å². The summed E-state index contributed by atoms with van der Waals surface area (Å²) >= 11 is 2.18. The molecule has 2 heterocycles. The number of hydrogen-bond donors (Lipinski definition) is 0. The van der Waals surface area contributed by atoms with E-state index in [0.717, 1.165) is 3.57 Å². The van der Waals surface area contributed by atoms with E-state index in [1.54, 1.807) is 12.0 Å². The van der Waals surface area contributed by atoms with Crippen LogP contribution in [0.4, 0.5) is 4.79 Å². The van der Waals surface area contributed by atoms with Crippen molar-refractivity contribution in [2.24, 2.45) is 0 Å². The molecule has 1 amide bonds. The number of nitrogens with zero attached hydrogens (tertiary/aromatic N) is 3. The lowest BCUT2D eigenvalue weighted by atomic mass is 10.1. The van der Waals surface area contributed by atoms with Crippen molar-refractivity contribution in [1.29, 1.82) is 0 Å². The van der Waals surface area contributed by atoms with Crippen LogP contribution in [0.1, 0.15) is 26.8 Å². The molecule has 7 heteroatoms. The topological polar surface area (TPSA) is 56.6 Å². The number of carbonyl (C=O) groups excluding carboxylic acids is 1. The molecule has 1 aliphatic rings. The van der Waals surface area contributed by atoms with Crippen molar-refractivity contribution in [3.8, 4) is 5.88 Å². The van der Waals surface area contributed by atoms with Gasteiger partial charge >= 0.3 is 6.09 Å². The molecule has 1 aromatic heterocycles. The fourth-order valence-corrected chi connectivity index (χ4v) is 2.39. The minimum absolute atomic E-state index is 0.199. The van der Waals surface area contributed by atoms with E-state index >= 15 is 0 Å². The van der Waals surface area contributed by atoms with E-state index in [1.165, 1.54) is 0 Å². The number of ether oxygens (including phenoxy) is 2. The summed E-state index contributed by atoms with van der Waals surface area (Å²) in [5.74, 6) is 0.622. The number of carbonyl (C=O) groups is 1. The normalized spacial score (nSPS) is 16.2. The van der Waals surface area contributed by atoms with E-state index in [9.17, 15) is 4.79 Å². The molecule has 19 heavy (non-hydrogen) atoms. The van der Waals surface area contributed by atoms with Gasteiger partial charge in [-0.1, -0.05) is 0 Å². The summed E-state index contributed by atoms with van der Waals surface area (Å²) in [6.45, 7) is 6.83. The molecular formula is C12H18IN3O3.